The first-order valence-corrected chi connectivity index (χ1v) is 7.11. The van der Waals surface area contributed by atoms with E-state index >= 15 is 0 Å². The molecule has 5 nitrogen and oxygen atoms in total. The van der Waals surface area contributed by atoms with Crippen LogP contribution in [0.4, 0.5) is 13.2 Å². The third kappa shape index (κ3) is 5.21. The Morgan fingerprint density at radius 3 is 2.56 bits per heavy atom. The first-order valence-electron chi connectivity index (χ1n) is 5.29. The Hall–Kier alpha value is -0.830. The lowest BCUT2D eigenvalue weighted by atomic mass is 10.2. The highest BCUT2D eigenvalue weighted by molar-refractivity contribution is 7.91. The largest absolute Gasteiger partial charge is 0.455 e. The average Bonchev–Trinajstić information content (AvgIpc) is 2.53. The zero-order valence-corrected chi connectivity index (χ0v) is 10.5. The lowest BCUT2D eigenvalue weighted by molar-refractivity contribution is -0.187. The van der Waals surface area contributed by atoms with E-state index in [1.807, 2.05) is 0 Å². The Bertz CT molecular complexity index is 407. The van der Waals surface area contributed by atoms with Crippen molar-refractivity contribution in [1.29, 1.82) is 0 Å². The number of hydrogen-bond acceptors (Lipinski definition) is 5. The van der Waals surface area contributed by atoms with Crippen LogP contribution < -0.4 is 5.32 Å². The van der Waals surface area contributed by atoms with Crippen molar-refractivity contribution in [2.45, 2.75) is 31.6 Å². The van der Waals surface area contributed by atoms with Gasteiger partial charge in [-0.25, -0.2) is 8.42 Å². The van der Waals surface area contributed by atoms with Crippen LogP contribution >= 0.6 is 0 Å². The summed E-state index contributed by atoms with van der Waals surface area (Å²) in [5, 5.41) is 2.65. The maximum absolute atomic E-state index is 11.8. The van der Waals surface area contributed by atoms with E-state index in [4.69, 9.17) is 0 Å². The Morgan fingerprint density at radius 1 is 1.50 bits per heavy atom. The minimum atomic E-state index is -4.56. The Balaban J connectivity index is 2.37. The SMILES string of the molecule is C[C@@H](N[C@@H]1CCS(=O)(=O)C1)C(=O)OCC(F)(F)F. The van der Waals surface area contributed by atoms with Crippen molar-refractivity contribution in [3.05, 3.63) is 0 Å². The third-order valence-electron chi connectivity index (χ3n) is 2.45. The summed E-state index contributed by atoms with van der Waals surface area (Å²) in [7, 11) is -3.10. The summed E-state index contributed by atoms with van der Waals surface area (Å²) in [6, 6.07) is -1.38. The molecule has 1 fully saturated rings. The highest BCUT2D eigenvalue weighted by Gasteiger charge is 2.33. The molecular formula is C9H14F3NO4S. The van der Waals surface area contributed by atoms with Crippen molar-refractivity contribution in [2.75, 3.05) is 18.1 Å². The van der Waals surface area contributed by atoms with Crippen LogP contribution in [0.5, 0.6) is 0 Å². The monoisotopic (exact) mass is 289 g/mol. The molecule has 0 unspecified atom stereocenters. The van der Waals surface area contributed by atoms with Crippen molar-refractivity contribution >= 4 is 15.8 Å². The molecule has 1 heterocycles. The Morgan fingerprint density at radius 2 is 2.11 bits per heavy atom. The molecule has 1 rings (SSSR count). The van der Waals surface area contributed by atoms with Crippen molar-refractivity contribution in [1.82, 2.24) is 5.32 Å². The van der Waals surface area contributed by atoms with Gasteiger partial charge in [0.05, 0.1) is 11.5 Å². The van der Waals surface area contributed by atoms with Crippen LogP contribution in [0, 0.1) is 0 Å². The fourth-order valence-corrected chi connectivity index (χ4v) is 3.31. The maximum Gasteiger partial charge on any atom is 0.422 e. The van der Waals surface area contributed by atoms with Gasteiger partial charge < -0.3 is 10.1 Å². The maximum atomic E-state index is 11.8. The molecule has 0 aromatic carbocycles. The topological polar surface area (TPSA) is 72.5 Å². The molecule has 0 aliphatic carbocycles. The lowest BCUT2D eigenvalue weighted by Gasteiger charge is -2.17. The summed E-state index contributed by atoms with van der Waals surface area (Å²) in [5.74, 6) is -1.13. The van der Waals surface area contributed by atoms with Gasteiger partial charge in [0.2, 0.25) is 0 Å². The molecule has 1 saturated heterocycles. The number of nitrogens with one attached hydrogen (secondary N) is 1. The van der Waals surface area contributed by atoms with Gasteiger partial charge in [0.15, 0.2) is 16.4 Å². The van der Waals surface area contributed by atoms with Gasteiger partial charge in [-0.2, -0.15) is 13.2 Å². The van der Waals surface area contributed by atoms with E-state index in [2.05, 4.69) is 10.1 Å². The van der Waals surface area contributed by atoms with Gasteiger partial charge in [-0.15, -0.1) is 0 Å². The first kappa shape index (κ1) is 15.2. The number of hydrogen-bond donors (Lipinski definition) is 1. The van der Waals surface area contributed by atoms with Crippen LogP contribution in [0.2, 0.25) is 0 Å². The van der Waals surface area contributed by atoms with Crippen molar-refractivity contribution < 1.29 is 31.1 Å². The van der Waals surface area contributed by atoms with E-state index in [1.54, 1.807) is 0 Å². The molecule has 0 saturated carbocycles. The summed E-state index contributed by atoms with van der Waals surface area (Å²) in [6.07, 6.45) is -4.22. The van der Waals surface area contributed by atoms with Gasteiger partial charge >= 0.3 is 12.1 Å². The number of alkyl halides is 3. The minimum absolute atomic E-state index is 0.0228. The molecule has 18 heavy (non-hydrogen) atoms. The molecule has 1 aliphatic heterocycles. The predicted molar refractivity (Wildman–Crippen MR) is 56.7 cm³/mol. The van der Waals surface area contributed by atoms with Crippen LogP contribution in [-0.4, -0.2) is 50.8 Å². The normalized spacial score (nSPS) is 24.8. The zero-order valence-electron chi connectivity index (χ0n) is 9.66. The number of halogens is 3. The molecule has 0 aromatic heterocycles. The molecule has 106 valence electrons. The average molecular weight is 289 g/mol. The number of esters is 1. The highest BCUT2D eigenvalue weighted by atomic mass is 32.2. The Labute approximate surface area is 103 Å². The fourth-order valence-electron chi connectivity index (χ4n) is 1.63. The number of carbonyl (C=O) groups is 1. The van der Waals surface area contributed by atoms with Crippen molar-refractivity contribution in [2.24, 2.45) is 0 Å². The smallest absolute Gasteiger partial charge is 0.422 e. The number of sulfone groups is 1. The van der Waals surface area contributed by atoms with Gasteiger partial charge in [0, 0.05) is 6.04 Å². The van der Waals surface area contributed by atoms with Gasteiger partial charge in [-0.3, -0.25) is 4.79 Å². The molecule has 0 spiro atoms. The first-order chi connectivity index (χ1) is 8.09. The molecular weight excluding hydrogens is 275 g/mol. The van der Waals surface area contributed by atoms with E-state index in [0.717, 1.165) is 0 Å². The molecule has 2 atom stereocenters. The molecule has 0 aromatic rings. The minimum Gasteiger partial charge on any atom is -0.455 e. The molecule has 0 radical (unpaired) electrons. The molecule has 1 N–H and O–H groups in total. The van der Waals surface area contributed by atoms with E-state index in [1.165, 1.54) is 6.92 Å². The summed E-state index contributed by atoms with van der Waals surface area (Å²) < 4.78 is 61.8. The summed E-state index contributed by atoms with van der Waals surface area (Å²) >= 11 is 0. The standard InChI is InChI=1S/C9H14F3NO4S/c1-6(8(14)17-5-9(10,11)12)13-7-2-3-18(15,16)4-7/h6-7,13H,2-5H2,1H3/t6-,7-/m1/s1. The quantitative estimate of drug-likeness (QED) is 0.751. The third-order valence-corrected chi connectivity index (χ3v) is 4.22. The second-order valence-electron chi connectivity index (χ2n) is 4.21. The van der Waals surface area contributed by atoms with Gasteiger partial charge in [0.25, 0.3) is 0 Å². The van der Waals surface area contributed by atoms with Gasteiger partial charge in [-0.1, -0.05) is 0 Å². The molecule has 1 aliphatic rings. The number of ether oxygens (including phenoxy) is 1. The summed E-state index contributed by atoms with van der Waals surface area (Å²) in [6.45, 7) is -0.301. The van der Waals surface area contributed by atoms with E-state index in [9.17, 15) is 26.4 Å². The van der Waals surface area contributed by atoms with Crippen molar-refractivity contribution in [3.8, 4) is 0 Å². The zero-order chi connectivity index (χ0) is 14.0. The second kappa shape index (κ2) is 5.43. The van der Waals surface area contributed by atoms with Crippen LogP contribution in [0.1, 0.15) is 13.3 Å². The van der Waals surface area contributed by atoms with Crippen LogP contribution in [-0.2, 0) is 19.4 Å². The fraction of sp³-hybridized carbons (Fsp3) is 0.889. The summed E-state index contributed by atoms with van der Waals surface area (Å²) in [4.78, 5) is 11.2. The highest BCUT2D eigenvalue weighted by Crippen LogP contribution is 2.15. The predicted octanol–water partition coefficient (Wildman–Crippen LogP) is 0.257. The van der Waals surface area contributed by atoms with Crippen LogP contribution in [0.15, 0.2) is 0 Å². The molecule has 0 bridgehead atoms. The number of carbonyl (C=O) groups excluding carboxylic acids is 1. The molecule has 9 heteroatoms. The lowest BCUT2D eigenvalue weighted by Crippen LogP contribution is -2.43. The Kier molecular flexibility index (Phi) is 4.60. The summed E-state index contributed by atoms with van der Waals surface area (Å²) in [5.41, 5.74) is 0. The van der Waals surface area contributed by atoms with Gasteiger partial charge in [-0.05, 0) is 13.3 Å². The second-order valence-corrected chi connectivity index (χ2v) is 6.44. The van der Waals surface area contributed by atoms with Crippen LogP contribution in [0.3, 0.4) is 0 Å². The van der Waals surface area contributed by atoms with Gasteiger partial charge in [0.1, 0.15) is 6.04 Å². The van der Waals surface area contributed by atoms with Crippen molar-refractivity contribution in [3.63, 3.8) is 0 Å². The molecule has 0 amide bonds. The number of rotatable bonds is 4. The van der Waals surface area contributed by atoms with Crippen LogP contribution in [0.25, 0.3) is 0 Å². The van der Waals surface area contributed by atoms with E-state index < -0.39 is 40.7 Å². The van der Waals surface area contributed by atoms with E-state index in [-0.39, 0.29) is 11.5 Å². The van der Waals surface area contributed by atoms with E-state index in [0.29, 0.717) is 6.42 Å².